The minimum atomic E-state index is -2.34. The zero-order chi connectivity index (χ0) is 21.3. The number of hydrogen-bond donors (Lipinski definition) is 2. The molecule has 0 bridgehead atoms. The predicted molar refractivity (Wildman–Crippen MR) is 115 cm³/mol. The van der Waals surface area contributed by atoms with Gasteiger partial charge >= 0.3 is 0 Å². The third-order valence-electron chi connectivity index (χ3n) is 4.29. The van der Waals surface area contributed by atoms with Crippen molar-refractivity contribution in [2.24, 2.45) is 4.36 Å². The van der Waals surface area contributed by atoms with E-state index in [-0.39, 0.29) is 13.2 Å². The van der Waals surface area contributed by atoms with Crippen LogP contribution >= 0.6 is 11.6 Å². The lowest BCUT2D eigenvalue weighted by atomic mass is 10.2. The monoisotopic (exact) mass is 449 g/mol. The summed E-state index contributed by atoms with van der Waals surface area (Å²) in [5, 5.41) is 14.1. The van der Waals surface area contributed by atoms with Gasteiger partial charge in [-0.25, -0.2) is 19.2 Å². The van der Waals surface area contributed by atoms with Crippen molar-refractivity contribution in [2.45, 2.75) is 12.2 Å². The number of aliphatic hydroxyl groups excluding tert-OH is 1. The van der Waals surface area contributed by atoms with Crippen molar-refractivity contribution >= 4 is 49.4 Å². The number of benzene rings is 1. The molecule has 0 amide bonds. The summed E-state index contributed by atoms with van der Waals surface area (Å²) in [5.74, 6) is 0.754. The summed E-state index contributed by atoms with van der Waals surface area (Å²) in [6, 6.07) is 6.85. The summed E-state index contributed by atoms with van der Waals surface area (Å²) < 4.78 is 27.3. The average Bonchev–Trinajstić information content (AvgIpc) is 3.06. The summed E-state index contributed by atoms with van der Waals surface area (Å²) in [5.41, 5.74) is 1.58. The third-order valence-corrected chi connectivity index (χ3v) is 5.24. The lowest BCUT2D eigenvalue weighted by Gasteiger charge is -2.18. The molecule has 3 aromatic rings. The van der Waals surface area contributed by atoms with Crippen LogP contribution in [-0.4, -0.2) is 62.2 Å². The van der Waals surface area contributed by atoms with Gasteiger partial charge in [-0.15, -0.1) is 0 Å². The number of anilines is 2. The first-order valence-corrected chi connectivity index (χ1v) is 11.8. The Bertz CT molecular complexity index is 1210. The van der Waals surface area contributed by atoms with Gasteiger partial charge in [-0.05, 0) is 24.3 Å². The maximum Gasteiger partial charge on any atom is 0.238 e. The minimum absolute atomic E-state index is 0.224. The van der Waals surface area contributed by atoms with E-state index in [0.29, 0.717) is 39.0 Å². The first kappa shape index (κ1) is 20.7. The van der Waals surface area contributed by atoms with E-state index in [1.807, 2.05) is 0 Å². The molecule has 1 aliphatic rings. The quantitative estimate of drug-likeness (QED) is 0.610. The van der Waals surface area contributed by atoms with Crippen molar-refractivity contribution in [2.75, 3.05) is 31.0 Å². The molecule has 158 valence electrons. The zero-order valence-corrected chi connectivity index (χ0v) is 17.9. The number of aliphatic hydroxyl groups is 1. The van der Waals surface area contributed by atoms with Crippen LogP contribution in [0.1, 0.15) is 0 Å². The van der Waals surface area contributed by atoms with Gasteiger partial charge < -0.3 is 19.9 Å². The fourth-order valence-corrected chi connectivity index (χ4v) is 3.93. The highest BCUT2D eigenvalue weighted by Gasteiger charge is 2.29. The molecule has 1 aromatic carbocycles. The molecule has 2 atom stereocenters. The van der Waals surface area contributed by atoms with Gasteiger partial charge in [-0.2, -0.15) is 4.36 Å². The molecule has 2 N–H and O–H groups in total. The average molecular weight is 450 g/mol. The Morgan fingerprint density at radius 3 is 2.87 bits per heavy atom. The Morgan fingerprint density at radius 1 is 1.30 bits per heavy atom. The summed E-state index contributed by atoms with van der Waals surface area (Å²) in [6.07, 6.45) is 4.86. The van der Waals surface area contributed by atoms with Gasteiger partial charge in [0.25, 0.3) is 0 Å². The highest BCUT2D eigenvalue weighted by Crippen LogP contribution is 2.35. The molecule has 1 aliphatic heterocycles. The first-order chi connectivity index (χ1) is 14.3. The lowest BCUT2D eigenvalue weighted by Crippen LogP contribution is -2.30. The van der Waals surface area contributed by atoms with E-state index in [1.165, 1.54) is 6.33 Å². The topological polar surface area (TPSA) is 119 Å². The van der Waals surface area contributed by atoms with Crippen molar-refractivity contribution in [1.29, 1.82) is 0 Å². The molecule has 0 radical (unpaired) electrons. The van der Waals surface area contributed by atoms with Crippen molar-refractivity contribution in [3.05, 3.63) is 41.8 Å². The smallest absolute Gasteiger partial charge is 0.238 e. The van der Waals surface area contributed by atoms with E-state index in [9.17, 15) is 9.32 Å². The minimum Gasteiger partial charge on any atom is -0.468 e. The van der Waals surface area contributed by atoms with Crippen LogP contribution in [0.3, 0.4) is 0 Å². The highest BCUT2D eigenvalue weighted by atomic mass is 35.5. The molecule has 0 spiro atoms. The Labute approximate surface area is 178 Å². The maximum absolute atomic E-state index is 12.0. The van der Waals surface area contributed by atoms with Crippen LogP contribution in [0.2, 0.25) is 5.02 Å². The molecular weight excluding hydrogens is 430 g/mol. The van der Waals surface area contributed by atoms with Gasteiger partial charge in [0.2, 0.25) is 5.88 Å². The summed E-state index contributed by atoms with van der Waals surface area (Å²) in [6.45, 7) is 0.505. The Balaban J connectivity index is 1.71. The Kier molecular flexibility index (Phi) is 5.74. The van der Waals surface area contributed by atoms with Gasteiger partial charge in [0, 0.05) is 28.4 Å². The van der Waals surface area contributed by atoms with Crippen LogP contribution < -0.4 is 10.1 Å². The molecule has 1 saturated heterocycles. The van der Waals surface area contributed by atoms with E-state index in [2.05, 4.69) is 24.6 Å². The molecule has 9 nitrogen and oxygen atoms in total. The SMILES string of the molecule is CS(C)(=O)=Nc1cc(Cl)c2c(Nc3cccnc3O[C@H]3COC[C@@H]3O)ncnc2c1. The lowest BCUT2D eigenvalue weighted by molar-refractivity contribution is 0.0709. The summed E-state index contributed by atoms with van der Waals surface area (Å²) in [4.78, 5) is 12.8. The van der Waals surface area contributed by atoms with Crippen molar-refractivity contribution in [3.8, 4) is 5.88 Å². The molecular formula is C19H20ClN5O4S. The molecule has 1 fully saturated rings. The van der Waals surface area contributed by atoms with E-state index < -0.39 is 21.9 Å². The number of ether oxygens (including phenoxy) is 2. The van der Waals surface area contributed by atoms with E-state index in [1.54, 1.807) is 43.0 Å². The van der Waals surface area contributed by atoms with Gasteiger partial charge in [0.1, 0.15) is 23.9 Å². The Hall–Kier alpha value is -2.53. The predicted octanol–water partition coefficient (Wildman–Crippen LogP) is 2.92. The van der Waals surface area contributed by atoms with Crippen LogP contribution in [0.15, 0.2) is 41.2 Å². The fourth-order valence-electron chi connectivity index (χ4n) is 3.02. The van der Waals surface area contributed by atoms with Gasteiger partial charge in [0.05, 0.1) is 34.8 Å². The number of rotatable bonds is 5. The molecule has 2 aromatic heterocycles. The molecule has 0 aliphatic carbocycles. The number of nitrogens with one attached hydrogen (secondary N) is 1. The van der Waals surface area contributed by atoms with Crippen LogP contribution in [0.25, 0.3) is 10.9 Å². The number of aromatic nitrogens is 3. The zero-order valence-electron chi connectivity index (χ0n) is 16.3. The number of fused-ring (bicyclic) bond motifs is 1. The number of nitrogens with zero attached hydrogens (tertiary/aromatic N) is 4. The molecule has 0 saturated carbocycles. The van der Waals surface area contributed by atoms with Crippen LogP contribution in [0.5, 0.6) is 5.88 Å². The summed E-state index contributed by atoms with van der Waals surface area (Å²) >= 11 is 6.49. The standard InChI is InChI=1S/C19H20ClN5O4S/c1-30(2,27)25-11-6-12(20)17-14(7-11)22-10-23-18(17)24-13-4-3-5-21-19(13)29-16-9-28-8-15(16)26/h3-7,10,15-16,26H,8-9H2,1-2H3,(H,22,23,24)/t15-,16-/m0/s1. The second-order valence-corrected chi connectivity index (χ2v) is 10.0. The molecule has 11 heteroatoms. The molecule has 30 heavy (non-hydrogen) atoms. The molecule has 3 heterocycles. The van der Waals surface area contributed by atoms with Crippen molar-refractivity contribution in [1.82, 2.24) is 15.0 Å². The van der Waals surface area contributed by atoms with Crippen LogP contribution in [0, 0.1) is 0 Å². The number of halogens is 1. The highest BCUT2D eigenvalue weighted by molar-refractivity contribution is 7.92. The normalized spacial score (nSPS) is 19.1. The summed E-state index contributed by atoms with van der Waals surface area (Å²) in [7, 11) is -2.34. The fraction of sp³-hybridized carbons (Fsp3) is 0.316. The van der Waals surface area contributed by atoms with E-state index in [4.69, 9.17) is 21.1 Å². The van der Waals surface area contributed by atoms with Gasteiger partial charge in [-0.1, -0.05) is 11.6 Å². The van der Waals surface area contributed by atoms with Gasteiger partial charge in [-0.3, -0.25) is 0 Å². The molecule has 0 unspecified atom stereocenters. The van der Waals surface area contributed by atoms with Crippen LogP contribution in [0.4, 0.5) is 17.2 Å². The number of pyridine rings is 1. The second-order valence-electron chi connectivity index (χ2n) is 7.06. The maximum atomic E-state index is 12.0. The van der Waals surface area contributed by atoms with Gasteiger partial charge in [0.15, 0.2) is 6.10 Å². The van der Waals surface area contributed by atoms with E-state index >= 15 is 0 Å². The number of hydrogen-bond acceptors (Lipinski definition) is 9. The van der Waals surface area contributed by atoms with Crippen molar-refractivity contribution < 1.29 is 18.8 Å². The van der Waals surface area contributed by atoms with Crippen molar-refractivity contribution in [3.63, 3.8) is 0 Å². The van der Waals surface area contributed by atoms with Crippen LogP contribution in [-0.2, 0) is 14.5 Å². The second kappa shape index (κ2) is 8.31. The van der Waals surface area contributed by atoms with E-state index in [0.717, 1.165) is 0 Å². The first-order valence-electron chi connectivity index (χ1n) is 9.06. The molecule has 4 rings (SSSR count). The largest absolute Gasteiger partial charge is 0.468 e. The third kappa shape index (κ3) is 4.62. The Morgan fingerprint density at radius 2 is 2.13 bits per heavy atom.